The minimum Gasteiger partial charge on any atom is -0.348 e. The summed E-state index contributed by atoms with van der Waals surface area (Å²) in [7, 11) is 0. The van der Waals surface area contributed by atoms with Crippen LogP contribution in [-0.2, 0) is 4.79 Å². The Morgan fingerprint density at radius 2 is 2.33 bits per heavy atom. The molecule has 0 radical (unpaired) electrons. The van der Waals surface area contributed by atoms with Crippen molar-refractivity contribution in [2.75, 3.05) is 0 Å². The van der Waals surface area contributed by atoms with Crippen LogP contribution in [0.1, 0.15) is 25.6 Å². The molecule has 0 saturated carbocycles. The third-order valence-corrected chi connectivity index (χ3v) is 1.55. The second-order valence-electron chi connectivity index (χ2n) is 2.68. The van der Waals surface area contributed by atoms with Crippen molar-refractivity contribution >= 4 is 5.91 Å². The summed E-state index contributed by atoms with van der Waals surface area (Å²) >= 11 is 0. The van der Waals surface area contributed by atoms with Gasteiger partial charge in [0.05, 0.1) is 11.7 Å². The average Bonchev–Trinajstić information content (AvgIpc) is 2.05. The van der Waals surface area contributed by atoms with Crippen LogP contribution in [0.15, 0.2) is 24.4 Å². The zero-order valence-corrected chi connectivity index (χ0v) is 7.24. The van der Waals surface area contributed by atoms with E-state index in [0.29, 0.717) is 0 Å². The molecule has 0 aliphatic carbocycles. The van der Waals surface area contributed by atoms with Gasteiger partial charge in [0.15, 0.2) is 0 Å². The number of carbonyl (C=O) groups excluding carboxylic acids is 1. The maximum atomic E-state index is 10.7. The van der Waals surface area contributed by atoms with Crippen molar-refractivity contribution in [3.63, 3.8) is 0 Å². The summed E-state index contributed by atoms with van der Waals surface area (Å²) in [6.45, 7) is 3.41. The number of nitrogens with zero attached hydrogens (tertiary/aromatic N) is 1. The molecular weight excluding hydrogens is 152 g/mol. The van der Waals surface area contributed by atoms with E-state index in [-0.39, 0.29) is 11.9 Å². The highest BCUT2D eigenvalue weighted by Crippen LogP contribution is 2.06. The van der Waals surface area contributed by atoms with Crippen LogP contribution >= 0.6 is 0 Å². The van der Waals surface area contributed by atoms with Crippen LogP contribution in [0.2, 0.25) is 0 Å². The zero-order chi connectivity index (χ0) is 8.97. The Bertz CT molecular complexity index is 258. The lowest BCUT2D eigenvalue weighted by Gasteiger charge is -2.10. The van der Waals surface area contributed by atoms with Gasteiger partial charge in [0.25, 0.3) is 0 Å². The van der Waals surface area contributed by atoms with Crippen LogP contribution in [0.5, 0.6) is 0 Å². The summed E-state index contributed by atoms with van der Waals surface area (Å²) in [5, 5.41) is 2.76. The third-order valence-electron chi connectivity index (χ3n) is 1.55. The second kappa shape index (κ2) is 3.85. The molecule has 0 bridgehead atoms. The molecule has 3 nitrogen and oxygen atoms in total. The zero-order valence-electron chi connectivity index (χ0n) is 7.24. The summed E-state index contributed by atoms with van der Waals surface area (Å²) < 4.78 is 0. The predicted molar refractivity (Wildman–Crippen MR) is 46.5 cm³/mol. The molecule has 1 aromatic heterocycles. The Kier molecular flexibility index (Phi) is 2.80. The highest BCUT2D eigenvalue weighted by atomic mass is 16.1. The number of carbonyl (C=O) groups is 1. The number of nitrogens with one attached hydrogen (secondary N) is 1. The first-order chi connectivity index (χ1) is 5.70. The van der Waals surface area contributed by atoms with E-state index in [0.717, 1.165) is 5.69 Å². The molecule has 0 saturated heterocycles. The molecule has 12 heavy (non-hydrogen) atoms. The van der Waals surface area contributed by atoms with E-state index in [9.17, 15) is 4.79 Å². The van der Waals surface area contributed by atoms with Crippen LogP contribution in [0, 0.1) is 0 Å². The van der Waals surface area contributed by atoms with Crippen LogP contribution < -0.4 is 5.32 Å². The first-order valence-corrected chi connectivity index (χ1v) is 3.88. The van der Waals surface area contributed by atoms with Crippen molar-refractivity contribution in [2.45, 2.75) is 19.9 Å². The molecule has 1 amide bonds. The van der Waals surface area contributed by atoms with Crippen molar-refractivity contribution in [1.29, 1.82) is 0 Å². The Hall–Kier alpha value is -1.38. The van der Waals surface area contributed by atoms with Crippen LogP contribution in [0.25, 0.3) is 0 Å². The molecular formula is C9H12N2O. The van der Waals surface area contributed by atoms with Crippen LogP contribution in [0.3, 0.4) is 0 Å². The summed E-state index contributed by atoms with van der Waals surface area (Å²) in [6.07, 6.45) is 1.72. The van der Waals surface area contributed by atoms with Crippen LogP contribution in [-0.4, -0.2) is 10.9 Å². The SMILES string of the molecule is CC(=O)N[C@@H](C)c1ccccn1. The van der Waals surface area contributed by atoms with Crippen molar-refractivity contribution in [1.82, 2.24) is 10.3 Å². The molecule has 1 rings (SSSR count). The summed E-state index contributed by atoms with van der Waals surface area (Å²) in [4.78, 5) is 14.8. The topological polar surface area (TPSA) is 42.0 Å². The highest BCUT2D eigenvalue weighted by Gasteiger charge is 2.05. The quantitative estimate of drug-likeness (QED) is 0.715. The molecule has 0 unspecified atom stereocenters. The first-order valence-electron chi connectivity index (χ1n) is 3.88. The number of rotatable bonds is 2. The van der Waals surface area contributed by atoms with Crippen molar-refractivity contribution in [3.8, 4) is 0 Å². The standard InChI is InChI=1S/C9H12N2O/c1-7(11-8(2)12)9-5-3-4-6-10-9/h3-7H,1-2H3,(H,11,12)/t7-/m0/s1. The van der Waals surface area contributed by atoms with Gasteiger partial charge >= 0.3 is 0 Å². The number of hydrogen-bond donors (Lipinski definition) is 1. The summed E-state index contributed by atoms with van der Waals surface area (Å²) in [6, 6.07) is 5.63. The minimum atomic E-state index is -0.0341. The fourth-order valence-corrected chi connectivity index (χ4v) is 1.01. The van der Waals surface area contributed by atoms with Gasteiger partial charge in [-0.1, -0.05) is 6.07 Å². The molecule has 1 aromatic rings. The van der Waals surface area contributed by atoms with Crippen molar-refractivity contribution in [2.24, 2.45) is 0 Å². The van der Waals surface area contributed by atoms with Gasteiger partial charge in [0, 0.05) is 13.1 Å². The molecule has 3 heteroatoms. The van der Waals surface area contributed by atoms with Gasteiger partial charge in [-0.25, -0.2) is 0 Å². The Balaban J connectivity index is 2.65. The van der Waals surface area contributed by atoms with E-state index in [4.69, 9.17) is 0 Å². The molecule has 1 heterocycles. The van der Waals surface area contributed by atoms with E-state index in [1.54, 1.807) is 6.20 Å². The Morgan fingerprint density at radius 3 is 2.83 bits per heavy atom. The van der Waals surface area contributed by atoms with Gasteiger partial charge in [-0.15, -0.1) is 0 Å². The normalized spacial score (nSPS) is 12.2. The molecule has 1 atom stereocenters. The van der Waals surface area contributed by atoms with Gasteiger partial charge < -0.3 is 5.32 Å². The van der Waals surface area contributed by atoms with Gasteiger partial charge in [0.1, 0.15) is 0 Å². The lowest BCUT2D eigenvalue weighted by molar-refractivity contribution is -0.119. The van der Waals surface area contributed by atoms with E-state index in [2.05, 4.69) is 10.3 Å². The number of amides is 1. The first kappa shape index (κ1) is 8.71. The van der Waals surface area contributed by atoms with E-state index >= 15 is 0 Å². The Labute approximate surface area is 71.8 Å². The third kappa shape index (κ3) is 2.34. The van der Waals surface area contributed by atoms with E-state index in [1.165, 1.54) is 6.92 Å². The molecule has 64 valence electrons. The lowest BCUT2D eigenvalue weighted by atomic mass is 10.2. The highest BCUT2D eigenvalue weighted by molar-refractivity contribution is 5.73. The number of pyridine rings is 1. The molecule has 0 aromatic carbocycles. The molecule has 0 aliphatic rings. The lowest BCUT2D eigenvalue weighted by Crippen LogP contribution is -2.24. The number of aromatic nitrogens is 1. The molecule has 0 aliphatic heterocycles. The summed E-state index contributed by atoms with van der Waals surface area (Å²) in [5.41, 5.74) is 0.882. The average molecular weight is 164 g/mol. The van der Waals surface area contributed by atoms with Gasteiger partial charge in [-0.3, -0.25) is 9.78 Å². The van der Waals surface area contributed by atoms with Crippen molar-refractivity contribution < 1.29 is 4.79 Å². The predicted octanol–water partition coefficient (Wildman–Crippen LogP) is 1.28. The smallest absolute Gasteiger partial charge is 0.217 e. The number of hydrogen-bond acceptors (Lipinski definition) is 2. The van der Waals surface area contributed by atoms with Crippen LogP contribution in [0.4, 0.5) is 0 Å². The monoisotopic (exact) mass is 164 g/mol. The van der Waals surface area contributed by atoms with Crippen molar-refractivity contribution in [3.05, 3.63) is 30.1 Å². The fourth-order valence-electron chi connectivity index (χ4n) is 1.01. The van der Waals surface area contributed by atoms with Gasteiger partial charge in [0.2, 0.25) is 5.91 Å². The largest absolute Gasteiger partial charge is 0.348 e. The summed E-state index contributed by atoms with van der Waals surface area (Å²) in [5.74, 6) is -0.0341. The maximum Gasteiger partial charge on any atom is 0.217 e. The second-order valence-corrected chi connectivity index (χ2v) is 2.68. The van der Waals surface area contributed by atoms with E-state index < -0.39 is 0 Å². The fraction of sp³-hybridized carbons (Fsp3) is 0.333. The van der Waals surface area contributed by atoms with E-state index in [1.807, 2.05) is 25.1 Å². The molecule has 0 spiro atoms. The molecule has 1 N–H and O–H groups in total. The minimum absolute atomic E-state index is 0.0105. The maximum absolute atomic E-state index is 10.7. The Morgan fingerprint density at radius 1 is 1.58 bits per heavy atom. The van der Waals surface area contributed by atoms with Gasteiger partial charge in [-0.2, -0.15) is 0 Å². The molecule has 0 fully saturated rings. The van der Waals surface area contributed by atoms with Gasteiger partial charge in [-0.05, 0) is 19.1 Å².